The summed E-state index contributed by atoms with van der Waals surface area (Å²) in [6.07, 6.45) is 0. The molecule has 5 aromatic carbocycles. The Morgan fingerprint density at radius 2 is 1.33 bits per heavy atom. The highest BCUT2D eigenvalue weighted by molar-refractivity contribution is 6.20. The van der Waals surface area contributed by atoms with Crippen molar-refractivity contribution < 1.29 is 13.4 Å². The SMILES string of the molecule is N#Cc1cc(F)c(-c2ccc(-c3ccc4c(c3)nc(-c3ccccc3)c3ccc5nonc5c34)cc2)c(F)c1. The van der Waals surface area contributed by atoms with Gasteiger partial charge in [0.15, 0.2) is 0 Å². The van der Waals surface area contributed by atoms with E-state index in [1.807, 2.05) is 72.8 Å². The molecule has 5 nitrogen and oxygen atoms in total. The first kappa shape index (κ1) is 22.7. The van der Waals surface area contributed by atoms with Gasteiger partial charge in [0.2, 0.25) is 0 Å². The molecule has 0 atom stereocenters. The molecule has 0 spiro atoms. The summed E-state index contributed by atoms with van der Waals surface area (Å²) in [6, 6.07) is 30.6. The Labute approximate surface area is 220 Å². The average molecular weight is 511 g/mol. The summed E-state index contributed by atoms with van der Waals surface area (Å²) in [7, 11) is 0. The van der Waals surface area contributed by atoms with Crippen molar-refractivity contribution in [3.8, 4) is 39.6 Å². The van der Waals surface area contributed by atoms with Gasteiger partial charge in [-0.3, -0.25) is 0 Å². The van der Waals surface area contributed by atoms with Crippen molar-refractivity contribution in [2.24, 2.45) is 0 Å². The van der Waals surface area contributed by atoms with Crippen LogP contribution >= 0.6 is 0 Å². The van der Waals surface area contributed by atoms with Gasteiger partial charge in [-0.1, -0.05) is 66.7 Å². The molecule has 0 amide bonds. The molecule has 184 valence electrons. The molecule has 0 saturated carbocycles. The molecule has 7 heteroatoms. The van der Waals surface area contributed by atoms with E-state index in [0.29, 0.717) is 16.6 Å². The van der Waals surface area contributed by atoms with Crippen LogP contribution in [0.25, 0.3) is 66.2 Å². The Bertz CT molecular complexity index is 2070. The van der Waals surface area contributed by atoms with Crippen LogP contribution in [0.1, 0.15) is 5.56 Å². The smallest absolute Gasteiger partial charge is 0.143 e. The number of hydrogen-bond acceptors (Lipinski definition) is 5. The van der Waals surface area contributed by atoms with E-state index in [2.05, 4.69) is 10.3 Å². The number of pyridine rings is 1. The summed E-state index contributed by atoms with van der Waals surface area (Å²) < 4.78 is 34.2. The summed E-state index contributed by atoms with van der Waals surface area (Å²) in [5, 5.41) is 19.9. The Balaban J connectivity index is 1.39. The maximum atomic E-state index is 14.6. The lowest BCUT2D eigenvalue weighted by atomic mass is 9.95. The normalized spacial score (nSPS) is 11.3. The van der Waals surface area contributed by atoms with Crippen molar-refractivity contribution in [3.05, 3.63) is 114 Å². The molecule has 7 rings (SSSR count). The van der Waals surface area contributed by atoms with Crippen molar-refractivity contribution in [1.82, 2.24) is 15.3 Å². The zero-order valence-corrected chi connectivity index (χ0v) is 20.2. The van der Waals surface area contributed by atoms with E-state index in [4.69, 9.17) is 14.9 Å². The predicted octanol–water partition coefficient (Wildman–Crippen LogP) is 8.08. The van der Waals surface area contributed by atoms with Crippen LogP contribution in [0.2, 0.25) is 0 Å². The largest absolute Gasteiger partial charge is 0.247 e. The van der Waals surface area contributed by atoms with Gasteiger partial charge in [0.1, 0.15) is 22.7 Å². The van der Waals surface area contributed by atoms with Gasteiger partial charge in [-0.15, -0.1) is 0 Å². The summed E-state index contributed by atoms with van der Waals surface area (Å²) in [6.45, 7) is 0. The van der Waals surface area contributed by atoms with Crippen LogP contribution in [0.4, 0.5) is 8.78 Å². The zero-order valence-electron chi connectivity index (χ0n) is 20.2. The molecule has 2 aromatic heterocycles. The van der Waals surface area contributed by atoms with E-state index in [1.165, 1.54) is 0 Å². The van der Waals surface area contributed by atoms with Gasteiger partial charge in [-0.05, 0) is 57.3 Å². The van der Waals surface area contributed by atoms with Gasteiger partial charge in [0.05, 0.1) is 28.4 Å². The Hall–Kier alpha value is -5.48. The molecule has 2 heterocycles. The number of benzene rings is 5. The summed E-state index contributed by atoms with van der Waals surface area (Å²) in [5.74, 6) is -1.55. The van der Waals surface area contributed by atoms with E-state index in [-0.39, 0.29) is 11.1 Å². The minimum absolute atomic E-state index is 0.0601. The molecule has 0 aliphatic heterocycles. The van der Waals surface area contributed by atoms with Gasteiger partial charge >= 0.3 is 0 Å². The molecule has 39 heavy (non-hydrogen) atoms. The fourth-order valence-electron chi connectivity index (χ4n) is 5.08. The summed E-state index contributed by atoms with van der Waals surface area (Å²) in [5.41, 5.74) is 5.81. The lowest BCUT2D eigenvalue weighted by Crippen LogP contribution is -1.93. The van der Waals surface area contributed by atoms with Crippen molar-refractivity contribution >= 4 is 32.7 Å². The topological polar surface area (TPSA) is 75.6 Å². The number of hydrogen-bond donors (Lipinski definition) is 0. The minimum atomic E-state index is -0.775. The number of fused-ring (bicyclic) bond motifs is 5. The Kier molecular flexibility index (Phi) is 5.13. The predicted molar refractivity (Wildman–Crippen MR) is 146 cm³/mol. The first-order valence-corrected chi connectivity index (χ1v) is 12.1. The monoisotopic (exact) mass is 510 g/mol. The van der Waals surface area contributed by atoms with Crippen LogP contribution in [0.3, 0.4) is 0 Å². The average Bonchev–Trinajstić information content (AvgIpc) is 3.46. The molecule has 0 radical (unpaired) electrons. The van der Waals surface area contributed by atoms with E-state index in [0.717, 1.165) is 56.2 Å². The summed E-state index contributed by atoms with van der Waals surface area (Å²) >= 11 is 0. The van der Waals surface area contributed by atoms with Crippen molar-refractivity contribution in [2.45, 2.75) is 0 Å². The maximum absolute atomic E-state index is 14.6. The maximum Gasteiger partial charge on any atom is 0.143 e. The lowest BCUT2D eigenvalue weighted by Gasteiger charge is -2.12. The minimum Gasteiger partial charge on any atom is -0.247 e. The molecular formula is C32H16F2N4O. The van der Waals surface area contributed by atoms with Crippen molar-refractivity contribution in [2.75, 3.05) is 0 Å². The van der Waals surface area contributed by atoms with Gasteiger partial charge in [0.25, 0.3) is 0 Å². The number of nitriles is 1. The van der Waals surface area contributed by atoms with Crippen LogP contribution in [0.15, 0.2) is 102 Å². The fraction of sp³-hybridized carbons (Fsp3) is 0. The third kappa shape index (κ3) is 3.70. The summed E-state index contributed by atoms with van der Waals surface area (Å²) in [4.78, 5) is 5.05. The second-order valence-corrected chi connectivity index (χ2v) is 9.18. The number of aromatic nitrogens is 3. The van der Waals surface area contributed by atoms with Crippen LogP contribution in [-0.4, -0.2) is 15.3 Å². The van der Waals surface area contributed by atoms with Gasteiger partial charge < -0.3 is 0 Å². The number of nitrogens with zero attached hydrogens (tertiary/aromatic N) is 4. The molecule has 0 bridgehead atoms. The molecule has 0 unspecified atom stereocenters. The molecule has 0 aliphatic rings. The van der Waals surface area contributed by atoms with E-state index >= 15 is 0 Å². The molecule has 0 aliphatic carbocycles. The van der Waals surface area contributed by atoms with Crippen LogP contribution in [0.5, 0.6) is 0 Å². The molecule has 0 saturated heterocycles. The van der Waals surface area contributed by atoms with E-state index < -0.39 is 11.6 Å². The van der Waals surface area contributed by atoms with Crippen LogP contribution < -0.4 is 0 Å². The highest BCUT2D eigenvalue weighted by Gasteiger charge is 2.17. The van der Waals surface area contributed by atoms with Gasteiger partial charge in [-0.2, -0.15) is 5.26 Å². The highest BCUT2D eigenvalue weighted by Crippen LogP contribution is 2.37. The first-order chi connectivity index (χ1) is 19.1. The first-order valence-electron chi connectivity index (χ1n) is 12.1. The highest BCUT2D eigenvalue weighted by atomic mass is 19.1. The fourth-order valence-corrected chi connectivity index (χ4v) is 5.08. The van der Waals surface area contributed by atoms with Gasteiger partial charge in [-0.25, -0.2) is 18.4 Å². The zero-order chi connectivity index (χ0) is 26.5. The Morgan fingerprint density at radius 1 is 0.641 bits per heavy atom. The third-order valence-electron chi connectivity index (χ3n) is 6.91. The number of halogens is 2. The molecule has 7 aromatic rings. The second-order valence-electron chi connectivity index (χ2n) is 9.18. The van der Waals surface area contributed by atoms with Gasteiger partial charge in [0, 0.05) is 21.7 Å². The Morgan fingerprint density at radius 3 is 2.08 bits per heavy atom. The third-order valence-corrected chi connectivity index (χ3v) is 6.91. The second kappa shape index (κ2) is 8.82. The van der Waals surface area contributed by atoms with Crippen molar-refractivity contribution in [1.29, 1.82) is 5.26 Å². The van der Waals surface area contributed by atoms with E-state index in [9.17, 15) is 8.78 Å². The van der Waals surface area contributed by atoms with Crippen LogP contribution in [-0.2, 0) is 0 Å². The molecule has 0 N–H and O–H groups in total. The quantitative estimate of drug-likeness (QED) is 0.225. The van der Waals surface area contributed by atoms with Crippen molar-refractivity contribution in [3.63, 3.8) is 0 Å². The van der Waals surface area contributed by atoms with E-state index in [1.54, 1.807) is 18.2 Å². The molecular weight excluding hydrogens is 494 g/mol. The lowest BCUT2D eigenvalue weighted by molar-refractivity contribution is 0.316. The van der Waals surface area contributed by atoms with Crippen LogP contribution in [0, 0.1) is 23.0 Å². The standard InChI is InChI=1S/C32H16F2N4O/c33-25-14-18(17-35)15-26(34)29(25)20-8-6-19(7-9-20)22-10-11-23-28(16-22)36-31(21-4-2-1-3-5-21)24-12-13-27-32(30(23)24)38-39-37-27/h1-16H. The number of rotatable bonds is 3. The molecule has 0 fully saturated rings.